The molecule has 0 aromatic carbocycles. The average Bonchev–Trinajstić information content (AvgIpc) is 2.25. The number of carbonyl (C=O) groups is 1. The topological polar surface area (TPSA) is 44.8 Å². The van der Waals surface area contributed by atoms with Gasteiger partial charge in [-0.1, -0.05) is 20.8 Å². The predicted molar refractivity (Wildman–Crippen MR) is 73.0 cm³/mol. The van der Waals surface area contributed by atoms with Gasteiger partial charge in [-0.25, -0.2) is 0 Å². The molecule has 1 heterocycles. The first-order valence-electron chi connectivity index (χ1n) is 6.21. The van der Waals surface area contributed by atoms with Crippen molar-refractivity contribution in [2.45, 2.75) is 51.1 Å². The molecule has 1 aliphatic heterocycles. The Hall–Kier alpha value is -0.653. The summed E-state index contributed by atoms with van der Waals surface area (Å²) in [6.07, 6.45) is 1.93. The SMILES string of the molecule is CO[C@H]1C(=O)C=CO[C@H]1CO[Si](C)(C)C(C)(C)C. The molecule has 0 amide bonds. The first-order chi connectivity index (χ1) is 8.19. The Morgan fingerprint density at radius 3 is 2.50 bits per heavy atom. The van der Waals surface area contributed by atoms with Gasteiger partial charge in [-0.15, -0.1) is 0 Å². The smallest absolute Gasteiger partial charge is 0.192 e. The first-order valence-corrected chi connectivity index (χ1v) is 9.12. The molecule has 0 unspecified atom stereocenters. The molecular weight excluding hydrogens is 248 g/mol. The lowest BCUT2D eigenvalue weighted by Crippen LogP contribution is -2.47. The Morgan fingerprint density at radius 1 is 1.39 bits per heavy atom. The second kappa shape index (κ2) is 5.55. The molecule has 0 aliphatic carbocycles. The van der Waals surface area contributed by atoms with Crippen molar-refractivity contribution >= 4 is 14.1 Å². The van der Waals surface area contributed by atoms with Crippen LogP contribution in [0.1, 0.15) is 20.8 Å². The van der Waals surface area contributed by atoms with E-state index >= 15 is 0 Å². The van der Waals surface area contributed by atoms with E-state index in [2.05, 4.69) is 33.9 Å². The average molecular weight is 272 g/mol. The monoisotopic (exact) mass is 272 g/mol. The van der Waals surface area contributed by atoms with Gasteiger partial charge in [0.05, 0.1) is 12.9 Å². The highest BCUT2D eigenvalue weighted by Gasteiger charge is 2.39. The van der Waals surface area contributed by atoms with Gasteiger partial charge < -0.3 is 13.9 Å². The van der Waals surface area contributed by atoms with Crippen molar-refractivity contribution in [3.05, 3.63) is 12.3 Å². The Balaban J connectivity index is 2.63. The van der Waals surface area contributed by atoms with E-state index in [0.717, 1.165) is 0 Å². The molecule has 0 fully saturated rings. The summed E-state index contributed by atoms with van der Waals surface area (Å²) in [6.45, 7) is 11.3. The van der Waals surface area contributed by atoms with E-state index < -0.39 is 14.4 Å². The molecule has 4 nitrogen and oxygen atoms in total. The third-order valence-corrected chi connectivity index (χ3v) is 8.27. The maximum Gasteiger partial charge on any atom is 0.192 e. The van der Waals surface area contributed by atoms with E-state index in [0.29, 0.717) is 6.61 Å². The van der Waals surface area contributed by atoms with Crippen molar-refractivity contribution in [3.63, 3.8) is 0 Å². The zero-order valence-corrected chi connectivity index (χ0v) is 13.1. The standard InChI is InChI=1S/C13H24O4Si/c1-13(2,3)18(5,6)17-9-11-12(15-4)10(14)7-8-16-11/h7-8,11-12H,9H2,1-6H3/t11-,12-/m0/s1. The van der Waals surface area contributed by atoms with Gasteiger partial charge in [0.1, 0.15) is 0 Å². The van der Waals surface area contributed by atoms with Crippen LogP contribution < -0.4 is 0 Å². The lowest BCUT2D eigenvalue weighted by Gasteiger charge is -2.38. The number of ether oxygens (including phenoxy) is 2. The molecule has 0 spiro atoms. The van der Waals surface area contributed by atoms with Crippen molar-refractivity contribution in [3.8, 4) is 0 Å². The summed E-state index contributed by atoms with van der Waals surface area (Å²) in [5.74, 6) is -0.0624. The van der Waals surface area contributed by atoms with Crippen LogP contribution in [0.15, 0.2) is 12.3 Å². The van der Waals surface area contributed by atoms with Crippen molar-refractivity contribution in [2.75, 3.05) is 13.7 Å². The van der Waals surface area contributed by atoms with Gasteiger partial charge in [0.2, 0.25) is 0 Å². The maximum absolute atomic E-state index is 11.6. The Morgan fingerprint density at radius 2 is 2.00 bits per heavy atom. The maximum atomic E-state index is 11.6. The lowest BCUT2D eigenvalue weighted by atomic mass is 10.1. The second-order valence-electron chi connectivity index (χ2n) is 6.11. The van der Waals surface area contributed by atoms with Crippen molar-refractivity contribution in [1.82, 2.24) is 0 Å². The molecule has 0 N–H and O–H groups in total. The largest absolute Gasteiger partial charge is 0.492 e. The van der Waals surface area contributed by atoms with Crippen molar-refractivity contribution < 1.29 is 18.7 Å². The highest BCUT2D eigenvalue weighted by molar-refractivity contribution is 6.74. The van der Waals surface area contributed by atoms with Crippen LogP contribution in [0.3, 0.4) is 0 Å². The summed E-state index contributed by atoms with van der Waals surface area (Å²) in [5.41, 5.74) is 0. The van der Waals surface area contributed by atoms with E-state index in [1.807, 2.05) is 0 Å². The number of hydrogen-bond donors (Lipinski definition) is 0. The Bertz CT molecular complexity index is 330. The summed E-state index contributed by atoms with van der Waals surface area (Å²) in [6, 6.07) is 0. The molecule has 1 aliphatic rings. The summed E-state index contributed by atoms with van der Waals surface area (Å²) in [4.78, 5) is 11.6. The molecule has 0 radical (unpaired) electrons. The normalized spacial score (nSPS) is 25.1. The van der Waals surface area contributed by atoms with Crippen LogP contribution in [0.2, 0.25) is 18.1 Å². The minimum atomic E-state index is -1.82. The third-order valence-electron chi connectivity index (χ3n) is 3.77. The molecule has 104 valence electrons. The van der Waals surface area contributed by atoms with Gasteiger partial charge in [0, 0.05) is 13.2 Å². The molecule has 0 saturated heterocycles. The van der Waals surface area contributed by atoms with Crippen molar-refractivity contribution in [1.29, 1.82) is 0 Å². The molecule has 5 heteroatoms. The zero-order valence-electron chi connectivity index (χ0n) is 12.1. The van der Waals surface area contributed by atoms with Crippen LogP contribution in [0.4, 0.5) is 0 Å². The summed E-state index contributed by atoms with van der Waals surface area (Å²) in [5, 5.41) is 0.143. The number of rotatable bonds is 4. The minimum Gasteiger partial charge on any atom is -0.492 e. The second-order valence-corrected chi connectivity index (χ2v) is 10.9. The van der Waals surface area contributed by atoms with Crippen LogP contribution in [-0.2, 0) is 18.7 Å². The van der Waals surface area contributed by atoms with Crippen LogP contribution in [-0.4, -0.2) is 40.0 Å². The van der Waals surface area contributed by atoms with E-state index in [4.69, 9.17) is 13.9 Å². The number of carbonyl (C=O) groups excluding carboxylic acids is 1. The number of methoxy groups -OCH3 is 1. The highest BCUT2D eigenvalue weighted by Crippen LogP contribution is 2.36. The zero-order chi connectivity index (χ0) is 14.0. The summed E-state index contributed by atoms with van der Waals surface area (Å²) >= 11 is 0. The molecule has 2 atom stereocenters. The molecule has 0 aromatic rings. The lowest BCUT2D eigenvalue weighted by molar-refractivity contribution is -0.135. The van der Waals surface area contributed by atoms with Gasteiger partial charge in [-0.05, 0) is 18.1 Å². The van der Waals surface area contributed by atoms with Gasteiger partial charge in [0.15, 0.2) is 26.3 Å². The molecule has 18 heavy (non-hydrogen) atoms. The van der Waals surface area contributed by atoms with Gasteiger partial charge >= 0.3 is 0 Å². The minimum absolute atomic E-state index is 0.0624. The summed E-state index contributed by atoms with van der Waals surface area (Å²) in [7, 11) is -0.306. The highest BCUT2D eigenvalue weighted by atomic mass is 28.4. The van der Waals surface area contributed by atoms with Gasteiger partial charge in [-0.2, -0.15) is 0 Å². The van der Waals surface area contributed by atoms with Crippen LogP contribution in [0, 0.1) is 0 Å². The fraction of sp³-hybridized carbons (Fsp3) is 0.769. The van der Waals surface area contributed by atoms with E-state index in [9.17, 15) is 4.79 Å². The Labute approximate surface area is 110 Å². The van der Waals surface area contributed by atoms with Gasteiger partial charge in [-0.3, -0.25) is 4.79 Å². The van der Waals surface area contributed by atoms with E-state index in [-0.39, 0.29) is 16.9 Å². The fourth-order valence-corrected chi connectivity index (χ4v) is 2.47. The quantitative estimate of drug-likeness (QED) is 0.738. The van der Waals surface area contributed by atoms with E-state index in [1.54, 1.807) is 0 Å². The molecule has 1 rings (SSSR count). The van der Waals surface area contributed by atoms with Gasteiger partial charge in [0.25, 0.3) is 0 Å². The van der Waals surface area contributed by atoms with Crippen molar-refractivity contribution in [2.24, 2.45) is 0 Å². The number of hydrogen-bond acceptors (Lipinski definition) is 4. The molecule has 0 bridgehead atoms. The third kappa shape index (κ3) is 3.43. The van der Waals surface area contributed by atoms with E-state index in [1.165, 1.54) is 19.4 Å². The predicted octanol–water partition coefficient (Wildman–Crippen LogP) is 2.50. The summed E-state index contributed by atoms with van der Waals surface area (Å²) < 4.78 is 16.7. The first kappa shape index (κ1) is 15.4. The molecule has 0 aromatic heterocycles. The molecular formula is C13H24O4Si. The van der Waals surface area contributed by atoms with Crippen LogP contribution in [0.5, 0.6) is 0 Å². The number of ketones is 1. The van der Waals surface area contributed by atoms with Crippen LogP contribution in [0.25, 0.3) is 0 Å². The fourth-order valence-electron chi connectivity index (χ4n) is 1.46. The Kier molecular flexibility index (Phi) is 4.75. The van der Waals surface area contributed by atoms with Crippen LogP contribution >= 0.6 is 0 Å². The molecule has 0 saturated carbocycles.